The minimum absolute atomic E-state index is 0.0639. The van der Waals surface area contributed by atoms with Gasteiger partial charge in [-0.25, -0.2) is 4.79 Å². The number of esters is 1. The number of carboxylic acids is 1. The zero-order valence-electron chi connectivity index (χ0n) is 14.9. The van der Waals surface area contributed by atoms with Crippen LogP contribution < -0.4 is 0 Å². The highest BCUT2D eigenvalue weighted by Gasteiger charge is 2.60. The summed E-state index contributed by atoms with van der Waals surface area (Å²) >= 11 is 0. The molecule has 0 aromatic carbocycles. The van der Waals surface area contributed by atoms with E-state index >= 15 is 0 Å². The molecule has 2 saturated carbocycles. The van der Waals surface area contributed by atoms with Crippen molar-refractivity contribution in [2.75, 3.05) is 0 Å². The van der Waals surface area contributed by atoms with Crippen LogP contribution in [0.4, 0.5) is 0 Å². The lowest BCUT2D eigenvalue weighted by molar-refractivity contribution is -0.178. The fourth-order valence-corrected chi connectivity index (χ4v) is 5.68. The summed E-state index contributed by atoms with van der Waals surface area (Å²) in [7, 11) is 0. The van der Waals surface area contributed by atoms with E-state index < -0.39 is 11.4 Å². The maximum absolute atomic E-state index is 12.5. The molecule has 132 valence electrons. The summed E-state index contributed by atoms with van der Waals surface area (Å²) in [4.78, 5) is 24.1. The number of ether oxygens (including phenoxy) is 1. The van der Waals surface area contributed by atoms with Gasteiger partial charge in [-0.05, 0) is 54.9 Å². The van der Waals surface area contributed by atoms with Crippen LogP contribution in [0.25, 0.3) is 0 Å². The minimum Gasteiger partial charge on any atom is -0.481 e. The van der Waals surface area contributed by atoms with E-state index in [9.17, 15) is 14.7 Å². The molecule has 3 aliphatic rings. The van der Waals surface area contributed by atoms with E-state index in [0.29, 0.717) is 17.9 Å². The monoisotopic (exact) mass is 332 g/mol. The number of rotatable bonds is 3. The molecule has 0 unspecified atom stereocenters. The van der Waals surface area contributed by atoms with Gasteiger partial charge >= 0.3 is 11.9 Å². The van der Waals surface area contributed by atoms with Gasteiger partial charge in [0, 0.05) is 0 Å². The normalized spacial score (nSPS) is 39.5. The van der Waals surface area contributed by atoms with Crippen molar-refractivity contribution in [1.82, 2.24) is 0 Å². The first-order valence-electron chi connectivity index (χ1n) is 9.10. The van der Waals surface area contributed by atoms with Gasteiger partial charge in [0.05, 0.1) is 17.3 Å². The number of allylic oxidation sites excluding steroid dienone is 1. The largest absolute Gasteiger partial charge is 0.481 e. The highest BCUT2D eigenvalue weighted by Crippen LogP contribution is 2.62. The van der Waals surface area contributed by atoms with Crippen LogP contribution >= 0.6 is 0 Å². The third kappa shape index (κ3) is 2.60. The van der Waals surface area contributed by atoms with Gasteiger partial charge in [0.25, 0.3) is 0 Å². The molecule has 4 nitrogen and oxygen atoms in total. The van der Waals surface area contributed by atoms with Gasteiger partial charge in [0.1, 0.15) is 0 Å². The van der Waals surface area contributed by atoms with Crippen molar-refractivity contribution in [1.29, 1.82) is 0 Å². The van der Waals surface area contributed by atoms with E-state index in [4.69, 9.17) is 4.74 Å². The van der Waals surface area contributed by atoms with Crippen LogP contribution in [0.2, 0.25) is 0 Å². The number of hydrogen-bond acceptors (Lipinski definition) is 3. The van der Waals surface area contributed by atoms with Crippen LogP contribution in [-0.4, -0.2) is 17.0 Å². The molecule has 0 aromatic rings. The molecule has 2 aliphatic carbocycles. The Balaban J connectivity index is 1.96. The van der Waals surface area contributed by atoms with Crippen LogP contribution in [0.3, 0.4) is 0 Å². The van der Waals surface area contributed by atoms with E-state index in [0.717, 1.165) is 32.1 Å². The summed E-state index contributed by atoms with van der Waals surface area (Å²) in [5, 5.41) is 10.3. The van der Waals surface area contributed by atoms with Gasteiger partial charge in [-0.15, -0.1) is 0 Å². The number of aliphatic carboxylic acids is 1. The Morgan fingerprint density at radius 3 is 2.75 bits per heavy atom. The van der Waals surface area contributed by atoms with Crippen LogP contribution in [-0.2, 0) is 14.3 Å². The molecule has 0 amide bonds. The number of carbonyl (C=O) groups excluding carboxylic acids is 1. The zero-order valence-corrected chi connectivity index (χ0v) is 14.9. The van der Waals surface area contributed by atoms with Crippen LogP contribution in [0.1, 0.15) is 59.3 Å². The Labute approximate surface area is 144 Å². The maximum atomic E-state index is 12.5. The van der Waals surface area contributed by atoms with Crippen molar-refractivity contribution < 1.29 is 19.4 Å². The lowest BCUT2D eigenvalue weighted by atomic mass is 9.45. The Kier molecular flexibility index (Phi) is 4.35. The van der Waals surface area contributed by atoms with Crippen molar-refractivity contribution in [2.45, 2.75) is 59.3 Å². The summed E-state index contributed by atoms with van der Waals surface area (Å²) in [5.74, 6) is -0.336. The molecule has 2 fully saturated rings. The zero-order chi connectivity index (χ0) is 17.5. The van der Waals surface area contributed by atoms with Crippen LogP contribution in [0.5, 0.6) is 0 Å². The van der Waals surface area contributed by atoms with Crippen LogP contribution in [0, 0.1) is 28.6 Å². The predicted octanol–water partition coefficient (Wildman–Crippen LogP) is 4.32. The van der Waals surface area contributed by atoms with Crippen molar-refractivity contribution in [3.8, 4) is 0 Å². The second kappa shape index (κ2) is 6.05. The van der Waals surface area contributed by atoms with Crippen molar-refractivity contribution >= 4 is 11.9 Å². The van der Waals surface area contributed by atoms with E-state index in [2.05, 4.69) is 20.8 Å². The molecule has 4 atom stereocenters. The molecular formula is C20H28O4. The van der Waals surface area contributed by atoms with E-state index in [-0.39, 0.29) is 23.2 Å². The summed E-state index contributed by atoms with van der Waals surface area (Å²) in [6, 6.07) is 0. The number of carboxylic acid groups (broad SMARTS) is 1. The average molecular weight is 332 g/mol. The summed E-state index contributed by atoms with van der Waals surface area (Å²) in [6.07, 6.45) is 10.5. The van der Waals surface area contributed by atoms with Gasteiger partial charge in [0.15, 0.2) is 0 Å². The highest BCUT2D eigenvalue weighted by atomic mass is 16.5. The molecule has 0 saturated heterocycles. The second-order valence-electron chi connectivity index (χ2n) is 8.50. The molecule has 0 radical (unpaired) electrons. The lowest BCUT2D eigenvalue weighted by Crippen LogP contribution is -2.56. The van der Waals surface area contributed by atoms with Gasteiger partial charge in [0.2, 0.25) is 0 Å². The molecule has 24 heavy (non-hydrogen) atoms. The molecule has 1 aliphatic heterocycles. The van der Waals surface area contributed by atoms with E-state index in [1.54, 1.807) is 6.08 Å². The second-order valence-corrected chi connectivity index (χ2v) is 8.50. The summed E-state index contributed by atoms with van der Waals surface area (Å²) in [5.41, 5.74) is -0.0446. The summed E-state index contributed by atoms with van der Waals surface area (Å²) < 4.78 is 4.84. The fourth-order valence-electron chi connectivity index (χ4n) is 5.68. The first-order valence-corrected chi connectivity index (χ1v) is 9.10. The third-order valence-electron chi connectivity index (χ3n) is 6.88. The highest BCUT2D eigenvalue weighted by molar-refractivity contribution is 5.94. The SMILES string of the molecule is C[C@H]1CC[C@H]2C(C)(C)CCC[C@]2(C(=O)O)[C@H]1C/C=C1\C=COC1=O. The Morgan fingerprint density at radius 1 is 1.38 bits per heavy atom. The van der Waals surface area contributed by atoms with Gasteiger partial charge in [-0.2, -0.15) is 0 Å². The molecule has 1 N–H and O–H groups in total. The molecule has 1 heterocycles. The smallest absolute Gasteiger partial charge is 0.342 e. The Bertz CT molecular complexity index is 601. The topological polar surface area (TPSA) is 63.6 Å². The average Bonchev–Trinajstić information content (AvgIpc) is 2.90. The molecular weight excluding hydrogens is 304 g/mol. The fraction of sp³-hybridized carbons (Fsp3) is 0.700. The van der Waals surface area contributed by atoms with Gasteiger partial charge in [-0.1, -0.05) is 39.7 Å². The van der Waals surface area contributed by atoms with Crippen LogP contribution in [0.15, 0.2) is 24.0 Å². The Hall–Kier alpha value is -1.58. The molecule has 0 bridgehead atoms. The quantitative estimate of drug-likeness (QED) is 0.617. The molecule has 0 aromatic heterocycles. The number of hydrogen-bond donors (Lipinski definition) is 1. The Morgan fingerprint density at radius 2 is 2.12 bits per heavy atom. The standard InChI is InChI=1S/C20H28O4/c1-13-5-8-16-19(2,3)10-4-11-20(16,18(22)23)15(13)7-6-14-9-12-24-17(14)21/h6,9,12-13,15-16H,4-5,7-8,10-11H2,1-3H3,(H,22,23)/b14-6+/t13-,15-,16-,20-/m0/s1. The van der Waals surface area contributed by atoms with Crippen molar-refractivity contribution in [3.05, 3.63) is 24.0 Å². The third-order valence-corrected chi connectivity index (χ3v) is 6.88. The number of fused-ring (bicyclic) bond motifs is 1. The molecule has 3 rings (SSSR count). The van der Waals surface area contributed by atoms with Gasteiger partial charge < -0.3 is 9.84 Å². The van der Waals surface area contributed by atoms with Crippen molar-refractivity contribution in [3.63, 3.8) is 0 Å². The first-order chi connectivity index (χ1) is 11.3. The molecule has 0 spiro atoms. The molecule has 4 heteroatoms. The van der Waals surface area contributed by atoms with E-state index in [1.807, 2.05) is 6.08 Å². The van der Waals surface area contributed by atoms with Crippen molar-refractivity contribution in [2.24, 2.45) is 28.6 Å². The maximum Gasteiger partial charge on any atom is 0.342 e. The van der Waals surface area contributed by atoms with Gasteiger partial charge in [-0.3, -0.25) is 4.79 Å². The number of carbonyl (C=O) groups is 2. The first kappa shape index (κ1) is 17.2. The van der Waals surface area contributed by atoms with E-state index in [1.165, 1.54) is 6.26 Å². The number of cyclic esters (lactones) is 1. The predicted molar refractivity (Wildman–Crippen MR) is 91.0 cm³/mol. The minimum atomic E-state index is -0.664. The summed E-state index contributed by atoms with van der Waals surface area (Å²) in [6.45, 7) is 6.64. The lowest BCUT2D eigenvalue weighted by Gasteiger charge is -2.58.